The maximum Gasteiger partial charge on any atom is 0.317 e. The van der Waals surface area contributed by atoms with E-state index in [4.69, 9.17) is 0 Å². The second-order valence-electron chi connectivity index (χ2n) is 7.03. The molecule has 0 unspecified atom stereocenters. The highest BCUT2D eigenvalue weighted by Crippen LogP contribution is 2.27. The standard InChI is InChI=1S/C22H28N2O2/c25-17-18-8-7-15-24(16-18)22(26)23-14-13-21(19-9-3-1-4-10-19)20-11-5-2-6-12-20/h1-6,9-12,18,21,25H,7-8,13-17H2,(H,23,26)/t18-/m0/s1. The summed E-state index contributed by atoms with van der Waals surface area (Å²) in [5.41, 5.74) is 2.54. The maximum absolute atomic E-state index is 12.4. The molecule has 4 heteroatoms. The van der Waals surface area contributed by atoms with Crippen LogP contribution in [-0.2, 0) is 0 Å². The van der Waals surface area contributed by atoms with E-state index in [1.54, 1.807) is 0 Å². The molecule has 1 aliphatic heterocycles. The van der Waals surface area contributed by atoms with Gasteiger partial charge < -0.3 is 15.3 Å². The van der Waals surface area contributed by atoms with Crippen molar-refractivity contribution in [2.75, 3.05) is 26.2 Å². The van der Waals surface area contributed by atoms with Crippen LogP contribution in [-0.4, -0.2) is 42.3 Å². The summed E-state index contributed by atoms with van der Waals surface area (Å²) in [6.45, 7) is 2.23. The van der Waals surface area contributed by atoms with E-state index in [-0.39, 0.29) is 24.5 Å². The van der Waals surface area contributed by atoms with Crippen molar-refractivity contribution in [3.05, 3.63) is 71.8 Å². The van der Waals surface area contributed by atoms with Crippen molar-refractivity contribution >= 4 is 6.03 Å². The highest BCUT2D eigenvalue weighted by molar-refractivity contribution is 5.74. The minimum Gasteiger partial charge on any atom is -0.396 e. The number of carbonyl (C=O) groups excluding carboxylic acids is 1. The van der Waals surface area contributed by atoms with Crippen LogP contribution in [0.15, 0.2) is 60.7 Å². The molecule has 0 radical (unpaired) electrons. The smallest absolute Gasteiger partial charge is 0.317 e. The van der Waals surface area contributed by atoms with Gasteiger partial charge in [0, 0.05) is 32.2 Å². The second-order valence-corrected chi connectivity index (χ2v) is 7.03. The van der Waals surface area contributed by atoms with Gasteiger partial charge in [0.1, 0.15) is 0 Å². The van der Waals surface area contributed by atoms with Crippen molar-refractivity contribution < 1.29 is 9.90 Å². The van der Waals surface area contributed by atoms with E-state index in [2.05, 4.69) is 53.8 Å². The van der Waals surface area contributed by atoms with Gasteiger partial charge >= 0.3 is 6.03 Å². The molecule has 26 heavy (non-hydrogen) atoms. The molecule has 0 saturated carbocycles. The van der Waals surface area contributed by atoms with Gasteiger partial charge in [-0.25, -0.2) is 4.79 Å². The van der Waals surface area contributed by atoms with E-state index in [0.29, 0.717) is 13.1 Å². The van der Waals surface area contributed by atoms with Crippen molar-refractivity contribution in [3.63, 3.8) is 0 Å². The first-order valence-electron chi connectivity index (χ1n) is 9.51. The summed E-state index contributed by atoms with van der Waals surface area (Å²) in [6.07, 6.45) is 2.83. The fourth-order valence-electron chi connectivity index (χ4n) is 3.73. The SMILES string of the molecule is O=C(NCCC(c1ccccc1)c1ccccc1)N1CCC[C@H](CO)C1. The monoisotopic (exact) mass is 352 g/mol. The zero-order chi connectivity index (χ0) is 18.2. The average molecular weight is 352 g/mol. The normalized spacial score (nSPS) is 17.3. The summed E-state index contributed by atoms with van der Waals surface area (Å²) in [4.78, 5) is 14.3. The number of amides is 2. The van der Waals surface area contributed by atoms with Gasteiger partial charge in [-0.3, -0.25) is 0 Å². The fourth-order valence-corrected chi connectivity index (χ4v) is 3.73. The molecule has 3 rings (SSSR count). The number of rotatable bonds is 6. The van der Waals surface area contributed by atoms with Gasteiger partial charge in [0.05, 0.1) is 0 Å². The number of likely N-dealkylation sites (tertiary alicyclic amines) is 1. The first-order chi connectivity index (χ1) is 12.8. The zero-order valence-corrected chi connectivity index (χ0v) is 15.2. The topological polar surface area (TPSA) is 52.6 Å². The maximum atomic E-state index is 12.4. The molecular weight excluding hydrogens is 324 g/mol. The number of aliphatic hydroxyl groups excluding tert-OH is 1. The first-order valence-corrected chi connectivity index (χ1v) is 9.51. The fraction of sp³-hybridized carbons (Fsp3) is 0.409. The predicted octanol–water partition coefficient (Wildman–Crippen LogP) is 3.62. The Morgan fingerprint density at radius 2 is 1.69 bits per heavy atom. The molecule has 4 nitrogen and oxygen atoms in total. The Balaban J connectivity index is 1.59. The third-order valence-electron chi connectivity index (χ3n) is 5.18. The van der Waals surface area contributed by atoms with Gasteiger partial charge in [-0.15, -0.1) is 0 Å². The van der Waals surface area contributed by atoms with Crippen molar-refractivity contribution in [1.29, 1.82) is 0 Å². The Morgan fingerprint density at radius 1 is 1.08 bits per heavy atom. The van der Waals surface area contributed by atoms with Crippen molar-refractivity contribution in [3.8, 4) is 0 Å². The number of hydrogen-bond acceptors (Lipinski definition) is 2. The van der Waals surface area contributed by atoms with Crippen LogP contribution < -0.4 is 5.32 Å². The number of urea groups is 1. The molecule has 0 aromatic heterocycles. The first kappa shape index (κ1) is 18.5. The lowest BCUT2D eigenvalue weighted by molar-refractivity contribution is 0.129. The van der Waals surface area contributed by atoms with Gasteiger partial charge in [0.2, 0.25) is 0 Å². The van der Waals surface area contributed by atoms with E-state index in [0.717, 1.165) is 25.8 Å². The van der Waals surface area contributed by atoms with E-state index in [9.17, 15) is 9.90 Å². The van der Waals surface area contributed by atoms with Crippen molar-refractivity contribution in [1.82, 2.24) is 10.2 Å². The predicted molar refractivity (Wildman–Crippen MR) is 104 cm³/mol. The minimum absolute atomic E-state index is 0.0111. The Morgan fingerprint density at radius 3 is 2.27 bits per heavy atom. The van der Waals surface area contributed by atoms with Gasteiger partial charge in [0.15, 0.2) is 0 Å². The van der Waals surface area contributed by atoms with E-state index in [1.165, 1.54) is 11.1 Å². The summed E-state index contributed by atoms with van der Waals surface area (Å²) in [7, 11) is 0. The number of benzene rings is 2. The van der Waals surface area contributed by atoms with Crippen LogP contribution in [0.5, 0.6) is 0 Å². The number of hydrogen-bond donors (Lipinski definition) is 2. The molecular formula is C22H28N2O2. The molecule has 2 aromatic rings. The van der Waals surface area contributed by atoms with E-state index >= 15 is 0 Å². The lowest BCUT2D eigenvalue weighted by Gasteiger charge is -2.32. The molecule has 0 bridgehead atoms. The quantitative estimate of drug-likeness (QED) is 0.834. The van der Waals surface area contributed by atoms with Crippen LogP contribution in [0.25, 0.3) is 0 Å². The molecule has 2 amide bonds. The Hall–Kier alpha value is -2.33. The number of nitrogens with one attached hydrogen (secondary N) is 1. The van der Waals surface area contributed by atoms with Gasteiger partial charge in [-0.1, -0.05) is 60.7 Å². The molecule has 1 atom stereocenters. The number of piperidine rings is 1. The number of nitrogens with zero attached hydrogens (tertiary/aromatic N) is 1. The number of aliphatic hydroxyl groups is 1. The van der Waals surface area contributed by atoms with Crippen LogP contribution in [0, 0.1) is 5.92 Å². The highest BCUT2D eigenvalue weighted by Gasteiger charge is 2.23. The molecule has 1 fully saturated rings. The summed E-state index contributed by atoms with van der Waals surface area (Å²) >= 11 is 0. The Kier molecular flexibility index (Phi) is 6.67. The van der Waals surface area contributed by atoms with Crippen LogP contribution in [0.4, 0.5) is 4.79 Å². The Bertz CT molecular complexity index is 636. The summed E-state index contributed by atoms with van der Waals surface area (Å²) in [6, 6.07) is 20.9. The highest BCUT2D eigenvalue weighted by atomic mass is 16.3. The second kappa shape index (κ2) is 9.39. The summed E-state index contributed by atoms with van der Waals surface area (Å²) < 4.78 is 0. The van der Waals surface area contributed by atoms with Gasteiger partial charge in [-0.05, 0) is 36.3 Å². The van der Waals surface area contributed by atoms with Crippen LogP contribution in [0.1, 0.15) is 36.3 Å². The summed E-state index contributed by atoms with van der Waals surface area (Å²) in [5.74, 6) is 0.486. The number of carbonyl (C=O) groups is 1. The molecule has 1 saturated heterocycles. The third kappa shape index (κ3) is 4.85. The minimum atomic E-state index is -0.0111. The van der Waals surface area contributed by atoms with Crippen LogP contribution in [0.2, 0.25) is 0 Å². The molecule has 1 aliphatic rings. The van der Waals surface area contributed by atoms with Gasteiger partial charge in [0.25, 0.3) is 0 Å². The van der Waals surface area contributed by atoms with Crippen LogP contribution >= 0.6 is 0 Å². The van der Waals surface area contributed by atoms with Crippen molar-refractivity contribution in [2.24, 2.45) is 5.92 Å². The molecule has 2 aromatic carbocycles. The molecule has 0 aliphatic carbocycles. The molecule has 0 spiro atoms. The third-order valence-corrected chi connectivity index (χ3v) is 5.18. The lowest BCUT2D eigenvalue weighted by atomic mass is 9.88. The largest absolute Gasteiger partial charge is 0.396 e. The summed E-state index contributed by atoms with van der Waals surface area (Å²) in [5, 5.41) is 12.4. The van der Waals surface area contributed by atoms with Gasteiger partial charge in [-0.2, -0.15) is 0 Å². The Labute approximate surface area is 155 Å². The van der Waals surface area contributed by atoms with E-state index < -0.39 is 0 Å². The molecule has 2 N–H and O–H groups in total. The van der Waals surface area contributed by atoms with Crippen LogP contribution in [0.3, 0.4) is 0 Å². The molecule has 138 valence electrons. The molecule has 1 heterocycles. The van der Waals surface area contributed by atoms with Crippen molar-refractivity contribution in [2.45, 2.75) is 25.2 Å². The average Bonchev–Trinajstić information content (AvgIpc) is 2.72. The zero-order valence-electron chi connectivity index (χ0n) is 15.2. The van der Waals surface area contributed by atoms with E-state index in [1.807, 2.05) is 17.0 Å². The lowest BCUT2D eigenvalue weighted by Crippen LogP contribution is -2.46.